The summed E-state index contributed by atoms with van der Waals surface area (Å²) in [5.41, 5.74) is 8.23. The second-order valence-electron chi connectivity index (χ2n) is 7.38. The van der Waals surface area contributed by atoms with Crippen LogP contribution in [0.1, 0.15) is 34.3 Å². The number of benzene rings is 2. The SMILES string of the molecule is Cc1ccccc1COc1ccccc1C(=O)N1CCCC(C(=O)NCCN)C1. The Kier molecular flexibility index (Phi) is 7.25. The van der Waals surface area contributed by atoms with Crippen molar-refractivity contribution in [3.8, 4) is 5.75 Å². The molecule has 0 spiro atoms. The number of nitrogens with zero attached hydrogens (tertiary/aromatic N) is 1. The summed E-state index contributed by atoms with van der Waals surface area (Å²) in [6.07, 6.45) is 1.59. The highest BCUT2D eigenvalue weighted by molar-refractivity contribution is 5.97. The Morgan fingerprint density at radius 1 is 1.17 bits per heavy atom. The molecule has 1 aliphatic rings. The molecule has 2 aromatic carbocycles. The number of rotatable bonds is 7. The van der Waals surface area contributed by atoms with Gasteiger partial charge in [-0.3, -0.25) is 9.59 Å². The van der Waals surface area contributed by atoms with Gasteiger partial charge in [-0.25, -0.2) is 0 Å². The van der Waals surface area contributed by atoms with Gasteiger partial charge in [0.2, 0.25) is 5.91 Å². The van der Waals surface area contributed by atoms with Gasteiger partial charge in [-0.15, -0.1) is 0 Å². The highest BCUT2D eigenvalue weighted by Gasteiger charge is 2.29. The summed E-state index contributed by atoms with van der Waals surface area (Å²) in [7, 11) is 0. The van der Waals surface area contributed by atoms with Crippen molar-refractivity contribution >= 4 is 11.8 Å². The Hall–Kier alpha value is -2.86. The number of ether oxygens (including phenoxy) is 1. The largest absolute Gasteiger partial charge is 0.488 e. The zero-order valence-corrected chi connectivity index (χ0v) is 16.9. The van der Waals surface area contributed by atoms with Crippen LogP contribution in [0.15, 0.2) is 48.5 Å². The van der Waals surface area contributed by atoms with Crippen molar-refractivity contribution in [3.05, 3.63) is 65.2 Å². The van der Waals surface area contributed by atoms with Crippen LogP contribution in [0.2, 0.25) is 0 Å². The van der Waals surface area contributed by atoms with E-state index >= 15 is 0 Å². The molecule has 0 saturated carbocycles. The predicted molar refractivity (Wildman–Crippen MR) is 113 cm³/mol. The van der Waals surface area contributed by atoms with E-state index in [1.54, 1.807) is 11.0 Å². The topological polar surface area (TPSA) is 84.7 Å². The van der Waals surface area contributed by atoms with Crippen LogP contribution in [0, 0.1) is 12.8 Å². The molecule has 6 heteroatoms. The van der Waals surface area contributed by atoms with E-state index in [0.29, 0.717) is 44.1 Å². The second-order valence-corrected chi connectivity index (χ2v) is 7.38. The number of nitrogens with two attached hydrogens (primary N) is 1. The van der Waals surface area contributed by atoms with Crippen LogP contribution in [0.4, 0.5) is 0 Å². The summed E-state index contributed by atoms with van der Waals surface area (Å²) in [6.45, 7) is 4.37. The molecular weight excluding hydrogens is 366 g/mol. The molecule has 0 aromatic heterocycles. The van der Waals surface area contributed by atoms with Gasteiger partial charge in [-0.05, 0) is 43.0 Å². The van der Waals surface area contributed by atoms with Crippen molar-refractivity contribution < 1.29 is 14.3 Å². The van der Waals surface area contributed by atoms with E-state index in [9.17, 15) is 9.59 Å². The zero-order chi connectivity index (χ0) is 20.6. The minimum absolute atomic E-state index is 0.0305. The molecule has 29 heavy (non-hydrogen) atoms. The summed E-state index contributed by atoms with van der Waals surface area (Å²) in [4.78, 5) is 27.2. The van der Waals surface area contributed by atoms with E-state index < -0.39 is 0 Å². The first kappa shape index (κ1) is 20.9. The van der Waals surface area contributed by atoms with Crippen molar-refractivity contribution in [2.24, 2.45) is 11.7 Å². The smallest absolute Gasteiger partial charge is 0.257 e. The number of amides is 2. The lowest BCUT2D eigenvalue weighted by Gasteiger charge is -2.32. The molecule has 1 atom stereocenters. The molecule has 2 aromatic rings. The van der Waals surface area contributed by atoms with Crippen molar-refractivity contribution in [2.45, 2.75) is 26.4 Å². The third-order valence-electron chi connectivity index (χ3n) is 5.28. The van der Waals surface area contributed by atoms with E-state index in [2.05, 4.69) is 5.32 Å². The molecule has 0 aliphatic carbocycles. The van der Waals surface area contributed by atoms with Crippen LogP contribution >= 0.6 is 0 Å². The summed E-state index contributed by atoms with van der Waals surface area (Å²) in [5, 5.41) is 2.83. The molecule has 1 unspecified atom stereocenters. The number of carbonyl (C=O) groups is 2. The summed E-state index contributed by atoms with van der Waals surface area (Å²) in [6, 6.07) is 15.3. The van der Waals surface area contributed by atoms with Gasteiger partial charge in [0.25, 0.3) is 5.91 Å². The lowest BCUT2D eigenvalue weighted by Crippen LogP contribution is -2.46. The Balaban J connectivity index is 1.69. The first-order valence-corrected chi connectivity index (χ1v) is 10.1. The molecule has 6 nitrogen and oxygen atoms in total. The molecule has 3 N–H and O–H groups in total. The number of para-hydroxylation sites is 1. The van der Waals surface area contributed by atoms with Crippen LogP contribution in [0.25, 0.3) is 0 Å². The molecule has 0 bridgehead atoms. The van der Waals surface area contributed by atoms with E-state index in [-0.39, 0.29) is 17.7 Å². The van der Waals surface area contributed by atoms with Gasteiger partial charge >= 0.3 is 0 Å². The second kappa shape index (κ2) is 10.1. The van der Waals surface area contributed by atoms with Gasteiger partial charge < -0.3 is 20.7 Å². The van der Waals surface area contributed by atoms with E-state index in [1.807, 2.05) is 49.4 Å². The lowest BCUT2D eigenvalue weighted by molar-refractivity contribution is -0.126. The Morgan fingerprint density at radius 3 is 2.72 bits per heavy atom. The molecule has 154 valence electrons. The van der Waals surface area contributed by atoms with E-state index in [1.165, 1.54) is 0 Å². The monoisotopic (exact) mass is 395 g/mol. The summed E-state index contributed by atoms with van der Waals surface area (Å²) >= 11 is 0. The van der Waals surface area contributed by atoms with E-state index in [0.717, 1.165) is 24.0 Å². The number of carbonyl (C=O) groups excluding carboxylic acids is 2. The number of aryl methyl sites for hydroxylation is 1. The van der Waals surface area contributed by atoms with Crippen molar-refractivity contribution in [1.82, 2.24) is 10.2 Å². The van der Waals surface area contributed by atoms with Crippen LogP contribution in [0.3, 0.4) is 0 Å². The molecule has 0 radical (unpaired) electrons. The Morgan fingerprint density at radius 2 is 1.93 bits per heavy atom. The third-order valence-corrected chi connectivity index (χ3v) is 5.28. The number of hydrogen-bond donors (Lipinski definition) is 2. The van der Waals surface area contributed by atoms with Crippen LogP contribution in [-0.4, -0.2) is 42.9 Å². The number of nitrogens with one attached hydrogen (secondary N) is 1. The van der Waals surface area contributed by atoms with Gasteiger partial charge in [0.05, 0.1) is 11.5 Å². The maximum atomic E-state index is 13.2. The number of piperidine rings is 1. The Labute approximate surface area is 172 Å². The molecule has 2 amide bonds. The fraction of sp³-hybridized carbons (Fsp3) is 0.391. The minimum Gasteiger partial charge on any atom is -0.488 e. The molecule has 1 fully saturated rings. The van der Waals surface area contributed by atoms with Gasteiger partial charge in [-0.2, -0.15) is 0 Å². The molecule has 1 saturated heterocycles. The first-order chi connectivity index (χ1) is 14.1. The van der Waals surface area contributed by atoms with E-state index in [4.69, 9.17) is 10.5 Å². The van der Waals surface area contributed by atoms with Crippen LogP contribution < -0.4 is 15.8 Å². The van der Waals surface area contributed by atoms with Gasteiger partial charge in [0, 0.05) is 26.2 Å². The first-order valence-electron chi connectivity index (χ1n) is 10.1. The fourth-order valence-corrected chi connectivity index (χ4v) is 3.58. The van der Waals surface area contributed by atoms with Crippen LogP contribution in [-0.2, 0) is 11.4 Å². The predicted octanol–water partition coefficient (Wildman–Crippen LogP) is 2.50. The van der Waals surface area contributed by atoms with Crippen molar-refractivity contribution in [3.63, 3.8) is 0 Å². The maximum absolute atomic E-state index is 13.2. The highest BCUT2D eigenvalue weighted by Crippen LogP contribution is 2.25. The minimum atomic E-state index is -0.195. The lowest BCUT2D eigenvalue weighted by atomic mass is 9.96. The van der Waals surface area contributed by atoms with Gasteiger partial charge in [0.1, 0.15) is 12.4 Å². The molecule has 1 heterocycles. The Bertz CT molecular complexity index is 853. The molecule has 3 rings (SSSR count). The zero-order valence-electron chi connectivity index (χ0n) is 16.9. The number of hydrogen-bond acceptors (Lipinski definition) is 4. The quantitative estimate of drug-likeness (QED) is 0.754. The van der Waals surface area contributed by atoms with Gasteiger partial charge in [0.15, 0.2) is 0 Å². The van der Waals surface area contributed by atoms with Gasteiger partial charge in [-0.1, -0.05) is 36.4 Å². The molecule has 1 aliphatic heterocycles. The average Bonchev–Trinajstić information content (AvgIpc) is 2.76. The average molecular weight is 396 g/mol. The highest BCUT2D eigenvalue weighted by atomic mass is 16.5. The van der Waals surface area contributed by atoms with Crippen LogP contribution in [0.5, 0.6) is 5.75 Å². The fourth-order valence-electron chi connectivity index (χ4n) is 3.58. The summed E-state index contributed by atoms with van der Waals surface area (Å²) in [5.74, 6) is 0.244. The normalized spacial score (nSPS) is 16.3. The summed E-state index contributed by atoms with van der Waals surface area (Å²) < 4.78 is 6.00. The van der Waals surface area contributed by atoms with Crippen molar-refractivity contribution in [2.75, 3.05) is 26.2 Å². The third kappa shape index (κ3) is 5.35. The standard InChI is InChI=1S/C23H29N3O3/c1-17-7-2-3-8-19(17)16-29-21-11-5-4-10-20(21)23(28)26-14-6-9-18(15-26)22(27)25-13-12-24/h2-5,7-8,10-11,18H,6,9,12-16,24H2,1H3,(H,25,27). The molecular formula is C23H29N3O3. The number of likely N-dealkylation sites (tertiary alicyclic amines) is 1. The van der Waals surface area contributed by atoms with Crippen molar-refractivity contribution in [1.29, 1.82) is 0 Å². The maximum Gasteiger partial charge on any atom is 0.257 e.